The molecule has 0 unspecified atom stereocenters. The largest absolute Gasteiger partial charge is 0.456 e. The van der Waals surface area contributed by atoms with Gasteiger partial charge in [0.2, 0.25) is 0 Å². The number of benzene rings is 2. The molecule has 4 nitrogen and oxygen atoms in total. The second kappa shape index (κ2) is 6.05. The van der Waals surface area contributed by atoms with Gasteiger partial charge >= 0.3 is 0 Å². The Labute approximate surface area is 149 Å². The Morgan fingerprint density at radius 2 is 1.88 bits per heavy atom. The van der Waals surface area contributed by atoms with Crippen LogP contribution in [0.2, 0.25) is 5.02 Å². The molecule has 0 spiro atoms. The second-order valence-corrected chi connectivity index (χ2v) is 6.79. The molecule has 1 heterocycles. The zero-order valence-corrected chi connectivity index (χ0v) is 14.2. The quantitative estimate of drug-likeness (QED) is 0.667. The van der Waals surface area contributed by atoms with Gasteiger partial charge in [-0.05, 0) is 42.5 Å². The van der Waals surface area contributed by atoms with Crippen molar-refractivity contribution >= 4 is 35.3 Å². The van der Waals surface area contributed by atoms with Gasteiger partial charge < -0.3 is 9.72 Å². The number of carbonyl (C=O) groups is 2. The van der Waals surface area contributed by atoms with E-state index in [-0.39, 0.29) is 0 Å². The molecule has 0 bridgehead atoms. The smallest absolute Gasteiger partial charge is 0.293 e. The maximum absolute atomic E-state index is 11.2. The number of H-pyrrole nitrogens is 1. The third kappa shape index (κ3) is 2.53. The molecule has 0 amide bonds. The van der Waals surface area contributed by atoms with Gasteiger partial charge in [-0.2, -0.15) is 0 Å². The van der Waals surface area contributed by atoms with E-state index >= 15 is 0 Å². The minimum Gasteiger partial charge on any atom is -0.456 e. The number of fused-ring (bicyclic) bond motifs is 1. The van der Waals surface area contributed by atoms with Crippen LogP contribution in [-0.2, 0) is 15.1 Å². The zero-order valence-electron chi connectivity index (χ0n) is 13.4. The summed E-state index contributed by atoms with van der Waals surface area (Å²) in [6.45, 7) is 0.532. The van der Waals surface area contributed by atoms with Crippen molar-refractivity contribution < 1.29 is 14.3 Å². The molecule has 2 aromatic carbocycles. The highest BCUT2D eigenvalue weighted by molar-refractivity contribution is 6.34. The fraction of sp³-hybridized carbons (Fsp3) is 0.200. The van der Waals surface area contributed by atoms with E-state index in [1.54, 1.807) is 6.20 Å². The Hall–Kier alpha value is -2.59. The van der Waals surface area contributed by atoms with E-state index in [4.69, 9.17) is 16.3 Å². The van der Waals surface area contributed by atoms with Gasteiger partial charge in [-0.25, -0.2) is 0 Å². The van der Waals surface area contributed by atoms with Gasteiger partial charge in [0.05, 0.1) is 5.02 Å². The minimum atomic E-state index is -0.473. The highest BCUT2D eigenvalue weighted by Crippen LogP contribution is 2.45. The molecule has 0 saturated heterocycles. The molecule has 0 radical (unpaired) electrons. The average Bonchev–Trinajstić information content (AvgIpc) is 2.99. The van der Waals surface area contributed by atoms with Crippen LogP contribution in [0.4, 0.5) is 0 Å². The van der Waals surface area contributed by atoms with E-state index in [0.717, 1.165) is 53.1 Å². The molecular formula is C20H16ClNO3. The van der Waals surface area contributed by atoms with Crippen LogP contribution in [-0.4, -0.2) is 17.7 Å². The van der Waals surface area contributed by atoms with Gasteiger partial charge in [-0.3, -0.25) is 9.59 Å². The number of aldehydes is 1. The highest BCUT2D eigenvalue weighted by atomic mass is 35.5. The highest BCUT2D eigenvalue weighted by Gasteiger charge is 2.40. The molecule has 0 aliphatic heterocycles. The van der Waals surface area contributed by atoms with E-state index in [1.165, 1.54) is 0 Å². The fourth-order valence-electron chi connectivity index (χ4n) is 3.50. The van der Waals surface area contributed by atoms with Gasteiger partial charge in [0.25, 0.3) is 6.47 Å². The number of ether oxygens (including phenoxy) is 1. The van der Waals surface area contributed by atoms with Crippen LogP contribution >= 0.6 is 11.6 Å². The molecule has 1 fully saturated rings. The molecule has 1 aliphatic carbocycles. The molecule has 1 saturated carbocycles. The normalized spacial score (nSPS) is 15.6. The third-order valence-corrected chi connectivity index (χ3v) is 5.40. The summed E-state index contributed by atoms with van der Waals surface area (Å²) in [5, 5.41) is 1.46. The molecule has 4 rings (SSSR count). The van der Waals surface area contributed by atoms with Crippen molar-refractivity contribution in [2.24, 2.45) is 0 Å². The number of aromatic nitrogens is 1. The predicted octanol–water partition coefficient (Wildman–Crippen LogP) is 4.85. The Kier molecular flexibility index (Phi) is 3.85. The predicted molar refractivity (Wildman–Crippen MR) is 96.8 cm³/mol. The molecule has 126 valence electrons. The van der Waals surface area contributed by atoms with Crippen LogP contribution in [0.25, 0.3) is 22.0 Å². The van der Waals surface area contributed by atoms with Gasteiger partial charge in [0, 0.05) is 28.2 Å². The zero-order chi connectivity index (χ0) is 17.4. The SMILES string of the molecule is O=COC1(c2ccc(-c3cc4c(C=O)c[nH]c4cc3Cl)cc2)CCC1. The Morgan fingerprint density at radius 3 is 2.48 bits per heavy atom. The van der Waals surface area contributed by atoms with E-state index in [0.29, 0.717) is 17.1 Å². The van der Waals surface area contributed by atoms with Crippen LogP contribution in [0.5, 0.6) is 0 Å². The van der Waals surface area contributed by atoms with E-state index in [1.807, 2.05) is 36.4 Å². The van der Waals surface area contributed by atoms with Gasteiger partial charge in [-0.1, -0.05) is 35.9 Å². The summed E-state index contributed by atoms with van der Waals surface area (Å²) in [6.07, 6.45) is 5.27. The first kappa shape index (κ1) is 15.9. The number of aromatic amines is 1. The number of carbonyl (C=O) groups excluding carboxylic acids is 2. The number of rotatable bonds is 5. The Balaban J connectivity index is 1.75. The lowest BCUT2D eigenvalue weighted by molar-refractivity contribution is -0.155. The topological polar surface area (TPSA) is 59.2 Å². The molecular weight excluding hydrogens is 338 g/mol. The van der Waals surface area contributed by atoms with Crippen molar-refractivity contribution in [2.75, 3.05) is 0 Å². The maximum Gasteiger partial charge on any atom is 0.293 e. The fourth-order valence-corrected chi connectivity index (χ4v) is 3.77. The number of hydrogen-bond acceptors (Lipinski definition) is 3. The summed E-state index contributed by atoms with van der Waals surface area (Å²) < 4.78 is 5.35. The number of halogens is 1. The van der Waals surface area contributed by atoms with Crippen LogP contribution in [0.15, 0.2) is 42.6 Å². The van der Waals surface area contributed by atoms with Crippen molar-refractivity contribution in [1.82, 2.24) is 4.98 Å². The molecule has 1 aliphatic rings. The number of hydrogen-bond donors (Lipinski definition) is 1. The summed E-state index contributed by atoms with van der Waals surface area (Å²) in [7, 11) is 0. The summed E-state index contributed by atoms with van der Waals surface area (Å²) in [5.41, 5.74) is 3.79. The van der Waals surface area contributed by atoms with Crippen molar-refractivity contribution in [3.8, 4) is 11.1 Å². The van der Waals surface area contributed by atoms with Crippen molar-refractivity contribution in [1.29, 1.82) is 0 Å². The molecule has 5 heteroatoms. The summed E-state index contributed by atoms with van der Waals surface area (Å²) >= 11 is 6.43. The first-order valence-electron chi connectivity index (χ1n) is 8.15. The van der Waals surface area contributed by atoms with Crippen molar-refractivity contribution in [3.63, 3.8) is 0 Å². The summed E-state index contributed by atoms with van der Waals surface area (Å²) in [5.74, 6) is 0. The Morgan fingerprint density at radius 1 is 1.12 bits per heavy atom. The first-order chi connectivity index (χ1) is 12.2. The number of nitrogens with one attached hydrogen (secondary N) is 1. The lowest BCUT2D eigenvalue weighted by atomic mass is 9.74. The molecule has 1 aromatic heterocycles. The Bertz CT molecular complexity index is 955. The first-order valence-corrected chi connectivity index (χ1v) is 8.53. The monoisotopic (exact) mass is 353 g/mol. The van der Waals surface area contributed by atoms with Crippen molar-refractivity contribution in [2.45, 2.75) is 24.9 Å². The maximum atomic E-state index is 11.2. The van der Waals surface area contributed by atoms with Gasteiger partial charge in [0.15, 0.2) is 6.29 Å². The van der Waals surface area contributed by atoms with Crippen LogP contribution < -0.4 is 0 Å². The van der Waals surface area contributed by atoms with E-state index in [2.05, 4.69) is 4.98 Å². The lowest BCUT2D eigenvalue weighted by Gasteiger charge is -2.40. The summed E-state index contributed by atoms with van der Waals surface area (Å²) in [6, 6.07) is 11.7. The third-order valence-electron chi connectivity index (χ3n) is 5.09. The average molecular weight is 354 g/mol. The van der Waals surface area contributed by atoms with Gasteiger partial charge in [0.1, 0.15) is 5.60 Å². The van der Waals surface area contributed by atoms with Crippen LogP contribution in [0.3, 0.4) is 0 Å². The minimum absolute atomic E-state index is 0.473. The molecule has 25 heavy (non-hydrogen) atoms. The van der Waals surface area contributed by atoms with Crippen LogP contribution in [0, 0.1) is 0 Å². The summed E-state index contributed by atoms with van der Waals surface area (Å²) in [4.78, 5) is 25.0. The van der Waals surface area contributed by atoms with E-state index < -0.39 is 5.60 Å². The lowest BCUT2D eigenvalue weighted by Crippen LogP contribution is -2.36. The molecule has 3 aromatic rings. The molecule has 1 N–H and O–H groups in total. The standard InChI is InChI=1S/C20H16ClNO3/c21-18-9-19-17(14(11-23)10-22-19)8-16(18)13-2-4-15(5-3-13)20(25-12-24)6-1-7-20/h2-5,8-12,22H,1,6-7H2. The van der Waals surface area contributed by atoms with Crippen molar-refractivity contribution in [3.05, 3.63) is 58.7 Å². The van der Waals surface area contributed by atoms with Gasteiger partial charge in [-0.15, -0.1) is 0 Å². The van der Waals surface area contributed by atoms with E-state index in [9.17, 15) is 9.59 Å². The van der Waals surface area contributed by atoms with Crippen LogP contribution in [0.1, 0.15) is 35.2 Å². The second-order valence-electron chi connectivity index (χ2n) is 6.38. The molecule has 0 atom stereocenters.